The lowest BCUT2D eigenvalue weighted by Gasteiger charge is -2.20. The van der Waals surface area contributed by atoms with Crippen LogP contribution in [0.1, 0.15) is 58.1 Å². The minimum absolute atomic E-state index is 0.199. The van der Waals surface area contributed by atoms with Crippen LogP contribution in [-0.2, 0) is 5.41 Å². The molecule has 0 atom stereocenters. The molecule has 0 amide bonds. The maximum Gasteiger partial charge on any atom is 0.122 e. The molecule has 1 aromatic carbocycles. The number of benzene rings is 1. The van der Waals surface area contributed by atoms with E-state index >= 15 is 0 Å². The van der Waals surface area contributed by atoms with Gasteiger partial charge in [0.15, 0.2) is 0 Å². The molecule has 0 aliphatic carbocycles. The van der Waals surface area contributed by atoms with Gasteiger partial charge in [-0.25, -0.2) is 0 Å². The first-order valence-electron chi connectivity index (χ1n) is 7.90. The maximum absolute atomic E-state index is 5.85. The van der Waals surface area contributed by atoms with Crippen molar-refractivity contribution in [2.75, 3.05) is 19.7 Å². The predicted octanol–water partition coefficient (Wildman–Crippen LogP) is 4.45. The van der Waals surface area contributed by atoms with Crippen molar-refractivity contribution < 1.29 is 4.74 Å². The summed E-state index contributed by atoms with van der Waals surface area (Å²) in [6.07, 6.45) is 3.84. The highest BCUT2D eigenvalue weighted by atomic mass is 16.5. The standard InChI is InChI=1S/C18H31NO/c1-6-7-8-11-19-12-13-20-17-10-9-16(14-15(17)2)18(3,4)5/h9-10,14,19H,6-8,11-13H2,1-5H3. The van der Waals surface area contributed by atoms with E-state index in [1.165, 1.54) is 30.4 Å². The highest BCUT2D eigenvalue weighted by molar-refractivity contribution is 5.38. The third kappa shape index (κ3) is 5.96. The van der Waals surface area contributed by atoms with Gasteiger partial charge in [-0.05, 0) is 42.5 Å². The second kappa shape index (κ2) is 8.31. The smallest absolute Gasteiger partial charge is 0.122 e. The lowest BCUT2D eigenvalue weighted by atomic mass is 9.86. The summed E-state index contributed by atoms with van der Waals surface area (Å²) in [6.45, 7) is 13.8. The van der Waals surface area contributed by atoms with Gasteiger partial charge in [-0.15, -0.1) is 0 Å². The fourth-order valence-corrected chi connectivity index (χ4v) is 2.14. The average Bonchev–Trinajstić information content (AvgIpc) is 2.38. The Bertz CT molecular complexity index is 393. The van der Waals surface area contributed by atoms with Crippen molar-refractivity contribution in [1.82, 2.24) is 5.32 Å². The largest absolute Gasteiger partial charge is 0.492 e. The number of nitrogens with one attached hydrogen (secondary N) is 1. The van der Waals surface area contributed by atoms with E-state index in [1.807, 2.05) is 0 Å². The molecule has 0 spiro atoms. The number of ether oxygens (including phenoxy) is 1. The maximum atomic E-state index is 5.85. The van der Waals surface area contributed by atoms with Gasteiger partial charge in [0.2, 0.25) is 0 Å². The number of hydrogen-bond donors (Lipinski definition) is 1. The summed E-state index contributed by atoms with van der Waals surface area (Å²) in [5, 5.41) is 3.42. The van der Waals surface area contributed by atoms with Crippen molar-refractivity contribution >= 4 is 0 Å². The molecular weight excluding hydrogens is 246 g/mol. The normalized spacial score (nSPS) is 11.7. The molecule has 1 N–H and O–H groups in total. The van der Waals surface area contributed by atoms with Crippen LogP contribution in [0.3, 0.4) is 0 Å². The van der Waals surface area contributed by atoms with Crippen LogP contribution in [-0.4, -0.2) is 19.7 Å². The third-order valence-corrected chi connectivity index (χ3v) is 3.53. The van der Waals surface area contributed by atoms with Gasteiger partial charge in [0.1, 0.15) is 12.4 Å². The molecular formula is C18H31NO. The minimum atomic E-state index is 0.199. The molecule has 0 aromatic heterocycles. The Morgan fingerprint density at radius 2 is 1.85 bits per heavy atom. The molecule has 20 heavy (non-hydrogen) atoms. The summed E-state index contributed by atoms with van der Waals surface area (Å²) < 4.78 is 5.85. The van der Waals surface area contributed by atoms with Crippen molar-refractivity contribution in [3.8, 4) is 5.75 Å². The van der Waals surface area contributed by atoms with Crippen LogP contribution >= 0.6 is 0 Å². The Morgan fingerprint density at radius 3 is 2.45 bits per heavy atom. The van der Waals surface area contributed by atoms with Crippen LogP contribution in [0.4, 0.5) is 0 Å². The van der Waals surface area contributed by atoms with Crippen LogP contribution in [0.5, 0.6) is 5.75 Å². The van der Waals surface area contributed by atoms with E-state index < -0.39 is 0 Å². The molecule has 0 aliphatic heterocycles. The molecule has 0 aliphatic rings. The Balaban J connectivity index is 2.34. The van der Waals surface area contributed by atoms with Gasteiger partial charge in [0.25, 0.3) is 0 Å². The summed E-state index contributed by atoms with van der Waals surface area (Å²) in [4.78, 5) is 0. The Hall–Kier alpha value is -1.02. The zero-order valence-electron chi connectivity index (χ0n) is 13.9. The number of aryl methyl sites for hydroxylation is 1. The van der Waals surface area contributed by atoms with Gasteiger partial charge < -0.3 is 10.1 Å². The summed E-state index contributed by atoms with van der Waals surface area (Å²) in [5.74, 6) is 1.01. The fourth-order valence-electron chi connectivity index (χ4n) is 2.14. The highest BCUT2D eigenvalue weighted by Crippen LogP contribution is 2.27. The molecule has 0 radical (unpaired) electrons. The van der Waals surface area contributed by atoms with Gasteiger partial charge in [-0.2, -0.15) is 0 Å². The van der Waals surface area contributed by atoms with Crippen molar-refractivity contribution in [3.05, 3.63) is 29.3 Å². The molecule has 1 rings (SSSR count). The molecule has 2 heteroatoms. The molecule has 0 saturated heterocycles. The van der Waals surface area contributed by atoms with Gasteiger partial charge in [-0.3, -0.25) is 0 Å². The monoisotopic (exact) mass is 277 g/mol. The number of unbranched alkanes of at least 4 members (excludes halogenated alkanes) is 2. The molecule has 0 saturated carbocycles. The van der Waals surface area contributed by atoms with E-state index in [4.69, 9.17) is 4.74 Å². The van der Waals surface area contributed by atoms with Crippen molar-refractivity contribution in [1.29, 1.82) is 0 Å². The van der Waals surface area contributed by atoms with E-state index in [1.54, 1.807) is 0 Å². The first-order chi connectivity index (χ1) is 9.45. The molecule has 0 fully saturated rings. The van der Waals surface area contributed by atoms with Crippen LogP contribution in [0.15, 0.2) is 18.2 Å². The molecule has 114 valence electrons. The van der Waals surface area contributed by atoms with Crippen LogP contribution in [0, 0.1) is 6.92 Å². The van der Waals surface area contributed by atoms with Crippen LogP contribution < -0.4 is 10.1 Å². The zero-order valence-corrected chi connectivity index (χ0v) is 13.9. The van der Waals surface area contributed by atoms with E-state index in [-0.39, 0.29) is 5.41 Å². The molecule has 2 nitrogen and oxygen atoms in total. The highest BCUT2D eigenvalue weighted by Gasteiger charge is 2.14. The van der Waals surface area contributed by atoms with Gasteiger partial charge in [0, 0.05) is 6.54 Å². The lowest BCUT2D eigenvalue weighted by molar-refractivity contribution is 0.311. The third-order valence-electron chi connectivity index (χ3n) is 3.53. The summed E-state index contributed by atoms with van der Waals surface area (Å²) >= 11 is 0. The number of hydrogen-bond acceptors (Lipinski definition) is 2. The van der Waals surface area contributed by atoms with Crippen LogP contribution in [0.2, 0.25) is 0 Å². The number of rotatable bonds is 8. The summed E-state index contributed by atoms with van der Waals surface area (Å²) in [5.41, 5.74) is 2.79. The summed E-state index contributed by atoms with van der Waals surface area (Å²) in [6, 6.07) is 6.52. The van der Waals surface area contributed by atoms with Gasteiger partial charge >= 0.3 is 0 Å². The Morgan fingerprint density at radius 1 is 1.10 bits per heavy atom. The second-order valence-corrected chi connectivity index (χ2v) is 6.54. The van der Waals surface area contributed by atoms with E-state index in [0.29, 0.717) is 0 Å². The zero-order chi connectivity index (χ0) is 15.0. The summed E-state index contributed by atoms with van der Waals surface area (Å²) in [7, 11) is 0. The van der Waals surface area contributed by atoms with Gasteiger partial charge in [-0.1, -0.05) is 52.7 Å². The SMILES string of the molecule is CCCCCNCCOc1ccc(C(C)(C)C)cc1C. The van der Waals surface area contributed by atoms with E-state index in [2.05, 4.69) is 58.1 Å². The quantitative estimate of drug-likeness (QED) is 0.709. The van der Waals surface area contributed by atoms with Crippen molar-refractivity contribution in [2.45, 2.75) is 59.3 Å². The van der Waals surface area contributed by atoms with E-state index in [9.17, 15) is 0 Å². The molecule has 0 heterocycles. The van der Waals surface area contributed by atoms with Crippen LogP contribution in [0.25, 0.3) is 0 Å². The average molecular weight is 277 g/mol. The minimum Gasteiger partial charge on any atom is -0.492 e. The van der Waals surface area contributed by atoms with Crippen molar-refractivity contribution in [2.24, 2.45) is 0 Å². The Kier molecular flexibility index (Phi) is 7.08. The second-order valence-electron chi connectivity index (χ2n) is 6.54. The first-order valence-corrected chi connectivity index (χ1v) is 7.90. The fraction of sp³-hybridized carbons (Fsp3) is 0.667. The van der Waals surface area contributed by atoms with E-state index in [0.717, 1.165) is 25.4 Å². The van der Waals surface area contributed by atoms with Crippen molar-refractivity contribution in [3.63, 3.8) is 0 Å². The topological polar surface area (TPSA) is 21.3 Å². The predicted molar refractivity (Wildman–Crippen MR) is 87.8 cm³/mol. The molecule has 1 aromatic rings. The first kappa shape index (κ1) is 17.0. The molecule has 0 bridgehead atoms. The lowest BCUT2D eigenvalue weighted by Crippen LogP contribution is -2.22. The molecule has 0 unspecified atom stereocenters. The Labute approximate surface area is 124 Å². The van der Waals surface area contributed by atoms with Gasteiger partial charge in [0.05, 0.1) is 0 Å².